The third-order valence-electron chi connectivity index (χ3n) is 4.15. The van der Waals surface area contributed by atoms with E-state index in [0.717, 1.165) is 12.8 Å². The monoisotopic (exact) mass is 291 g/mol. The fraction of sp³-hybridized carbons (Fsp3) is 0.923. The summed E-state index contributed by atoms with van der Waals surface area (Å²) in [6, 6.07) is -0.0651. The van der Waals surface area contributed by atoms with E-state index in [1.807, 2.05) is 0 Å². The Kier molecular flexibility index (Phi) is 5.80. The van der Waals surface area contributed by atoms with Crippen molar-refractivity contribution in [1.29, 1.82) is 0 Å². The van der Waals surface area contributed by atoms with Crippen molar-refractivity contribution in [3.63, 3.8) is 0 Å². The molecule has 112 valence electrons. The molecule has 0 bridgehead atoms. The van der Waals surface area contributed by atoms with Crippen LogP contribution < -0.4 is 5.32 Å². The minimum absolute atomic E-state index is 0.0651. The van der Waals surface area contributed by atoms with E-state index in [2.05, 4.69) is 23.9 Å². The average molecular weight is 291 g/mol. The molecule has 6 heteroatoms. The van der Waals surface area contributed by atoms with Crippen molar-refractivity contribution in [1.82, 2.24) is 5.32 Å². The molecule has 1 N–H and O–H groups in total. The van der Waals surface area contributed by atoms with Gasteiger partial charge in [-0.15, -0.1) is 0 Å². The molecule has 0 amide bonds. The second kappa shape index (κ2) is 6.70. The summed E-state index contributed by atoms with van der Waals surface area (Å²) in [5, 5.41) is 2.59. The SMILES string of the molecule is CNC1CCC(C(C)C)CC1S(=O)(=O)CC(=O)OC. The molecular weight excluding hydrogens is 266 g/mol. The molecule has 0 aromatic heterocycles. The van der Waals surface area contributed by atoms with E-state index in [-0.39, 0.29) is 6.04 Å². The van der Waals surface area contributed by atoms with Gasteiger partial charge in [0, 0.05) is 6.04 Å². The third-order valence-corrected chi connectivity index (χ3v) is 6.24. The van der Waals surface area contributed by atoms with Crippen molar-refractivity contribution in [2.45, 2.75) is 44.4 Å². The molecule has 0 aromatic rings. The molecular formula is C13H25NO4S. The van der Waals surface area contributed by atoms with E-state index in [4.69, 9.17) is 0 Å². The lowest BCUT2D eigenvalue weighted by Gasteiger charge is -2.37. The molecule has 3 unspecified atom stereocenters. The first-order valence-electron chi connectivity index (χ1n) is 6.77. The van der Waals surface area contributed by atoms with Crippen molar-refractivity contribution >= 4 is 15.8 Å². The number of carbonyl (C=O) groups excluding carboxylic acids is 1. The smallest absolute Gasteiger partial charge is 0.320 e. The Labute approximate surface area is 116 Å². The zero-order valence-corrected chi connectivity index (χ0v) is 13.0. The van der Waals surface area contributed by atoms with E-state index < -0.39 is 26.8 Å². The van der Waals surface area contributed by atoms with Crippen LogP contribution in [0.4, 0.5) is 0 Å². The lowest BCUT2D eigenvalue weighted by atomic mass is 9.79. The van der Waals surface area contributed by atoms with Gasteiger partial charge in [-0.3, -0.25) is 4.79 Å². The van der Waals surface area contributed by atoms with Crippen molar-refractivity contribution in [2.24, 2.45) is 11.8 Å². The quantitative estimate of drug-likeness (QED) is 0.765. The summed E-state index contributed by atoms with van der Waals surface area (Å²) >= 11 is 0. The Bertz CT molecular complexity index is 405. The van der Waals surface area contributed by atoms with Crippen LogP contribution in [0.2, 0.25) is 0 Å². The average Bonchev–Trinajstić information content (AvgIpc) is 2.37. The number of methoxy groups -OCH3 is 1. The number of carbonyl (C=O) groups is 1. The van der Waals surface area contributed by atoms with E-state index >= 15 is 0 Å². The van der Waals surface area contributed by atoms with Crippen molar-refractivity contribution in [3.8, 4) is 0 Å². The number of hydrogen-bond acceptors (Lipinski definition) is 5. The molecule has 0 aliphatic heterocycles. The summed E-state index contributed by atoms with van der Waals surface area (Å²) in [5.74, 6) is -0.325. The largest absolute Gasteiger partial charge is 0.468 e. The highest BCUT2D eigenvalue weighted by Gasteiger charge is 2.40. The maximum atomic E-state index is 12.4. The van der Waals surface area contributed by atoms with Gasteiger partial charge in [-0.25, -0.2) is 8.42 Å². The summed E-state index contributed by atoms with van der Waals surface area (Å²) in [4.78, 5) is 11.3. The van der Waals surface area contributed by atoms with Crippen molar-refractivity contribution in [2.75, 3.05) is 19.9 Å². The van der Waals surface area contributed by atoms with Gasteiger partial charge in [-0.2, -0.15) is 0 Å². The van der Waals surface area contributed by atoms with Crippen LogP contribution in [0.5, 0.6) is 0 Å². The number of hydrogen-bond donors (Lipinski definition) is 1. The molecule has 0 saturated heterocycles. The number of sulfone groups is 1. The van der Waals surface area contributed by atoms with Crippen LogP contribution >= 0.6 is 0 Å². The fourth-order valence-corrected chi connectivity index (χ4v) is 4.80. The van der Waals surface area contributed by atoms with E-state index in [1.165, 1.54) is 7.11 Å². The fourth-order valence-electron chi connectivity index (χ4n) is 2.82. The predicted molar refractivity (Wildman–Crippen MR) is 74.6 cm³/mol. The standard InChI is InChI=1S/C13H25NO4S/c1-9(2)10-5-6-11(14-3)12(7-10)19(16,17)8-13(15)18-4/h9-12,14H,5-8H2,1-4H3. The summed E-state index contributed by atoms with van der Waals surface area (Å²) in [6.45, 7) is 4.24. The molecule has 0 spiro atoms. The molecule has 5 nitrogen and oxygen atoms in total. The summed E-state index contributed by atoms with van der Waals surface area (Å²) < 4.78 is 29.2. The number of ether oxygens (including phenoxy) is 1. The second-order valence-electron chi connectivity index (χ2n) is 5.63. The van der Waals surface area contributed by atoms with Gasteiger partial charge in [0.15, 0.2) is 9.84 Å². The first-order valence-corrected chi connectivity index (χ1v) is 8.49. The van der Waals surface area contributed by atoms with Crippen LogP contribution in [-0.4, -0.2) is 45.6 Å². The number of esters is 1. The predicted octanol–water partition coefficient (Wildman–Crippen LogP) is 0.987. The third kappa shape index (κ3) is 4.18. The molecule has 19 heavy (non-hydrogen) atoms. The van der Waals surface area contributed by atoms with Crippen LogP contribution in [0.15, 0.2) is 0 Å². The molecule has 0 heterocycles. The molecule has 1 aliphatic carbocycles. The van der Waals surface area contributed by atoms with E-state index in [1.54, 1.807) is 7.05 Å². The molecule has 1 saturated carbocycles. The Morgan fingerprint density at radius 1 is 1.37 bits per heavy atom. The Morgan fingerprint density at radius 2 is 2.00 bits per heavy atom. The minimum atomic E-state index is -3.46. The number of nitrogens with one attached hydrogen (secondary N) is 1. The van der Waals surface area contributed by atoms with Gasteiger partial charge in [0.05, 0.1) is 12.4 Å². The molecule has 1 aliphatic rings. The zero-order chi connectivity index (χ0) is 14.6. The minimum Gasteiger partial charge on any atom is -0.468 e. The lowest BCUT2D eigenvalue weighted by Crippen LogP contribution is -2.49. The van der Waals surface area contributed by atoms with Gasteiger partial charge in [-0.05, 0) is 38.1 Å². The van der Waals surface area contributed by atoms with Gasteiger partial charge < -0.3 is 10.1 Å². The zero-order valence-electron chi connectivity index (χ0n) is 12.2. The Balaban J connectivity index is 2.88. The van der Waals surface area contributed by atoms with Crippen LogP contribution in [0.25, 0.3) is 0 Å². The van der Waals surface area contributed by atoms with Crippen molar-refractivity contribution < 1.29 is 17.9 Å². The lowest BCUT2D eigenvalue weighted by molar-refractivity contribution is -0.137. The summed E-state index contributed by atoms with van der Waals surface area (Å²) in [7, 11) is -0.467. The van der Waals surface area contributed by atoms with Crippen molar-refractivity contribution in [3.05, 3.63) is 0 Å². The second-order valence-corrected chi connectivity index (χ2v) is 7.85. The van der Waals surface area contributed by atoms with E-state index in [9.17, 15) is 13.2 Å². The van der Waals surface area contributed by atoms with Gasteiger partial charge in [0.25, 0.3) is 0 Å². The van der Waals surface area contributed by atoms with Crippen LogP contribution in [0.1, 0.15) is 33.1 Å². The van der Waals surface area contributed by atoms with Crippen LogP contribution in [0, 0.1) is 11.8 Å². The van der Waals surface area contributed by atoms with Gasteiger partial charge in [0.2, 0.25) is 0 Å². The highest BCUT2D eigenvalue weighted by molar-refractivity contribution is 7.92. The van der Waals surface area contributed by atoms with Gasteiger partial charge in [0.1, 0.15) is 5.75 Å². The maximum Gasteiger partial charge on any atom is 0.320 e. The topological polar surface area (TPSA) is 72.5 Å². The van der Waals surface area contributed by atoms with E-state index in [0.29, 0.717) is 18.3 Å². The highest BCUT2D eigenvalue weighted by atomic mass is 32.2. The van der Waals surface area contributed by atoms with Crippen LogP contribution in [-0.2, 0) is 19.4 Å². The van der Waals surface area contributed by atoms with Crippen LogP contribution in [0.3, 0.4) is 0 Å². The first-order chi connectivity index (χ1) is 8.81. The molecule has 3 atom stereocenters. The first kappa shape index (κ1) is 16.4. The Hall–Kier alpha value is -0.620. The molecule has 1 fully saturated rings. The molecule has 0 aromatic carbocycles. The summed E-state index contributed by atoms with van der Waals surface area (Å²) in [6.07, 6.45) is 2.50. The molecule has 1 rings (SSSR count). The van der Waals surface area contributed by atoms with Gasteiger partial charge >= 0.3 is 5.97 Å². The maximum absolute atomic E-state index is 12.4. The van der Waals surface area contributed by atoms with Gasteiger partial charge in [-0.1, -0.05) is 13.8 Å². The summed E-state index contributed by atoms with van der Waals surface area (Å²) in [5.41, 5.74) is 0. The Morgan fingerprint density at radius 3 is 2.47 bits per heavy atom. The normalized spacial score (nSPS) is 28.4. The highest BCUT2D eigenvalue weighted by Crippen LogP contribution is 2.33. The molecule has 0 radical (unpaired) electrons. The number of rotatable bonds is 5.